The van der Waals surface area contributed by atoms with Gasteiger partial charge in [0.15, 0.2) is 0 Å². The number of benzene rings is 1. The number of carbonyl (C=O) groups excluding carboxylic acids is 1. The van der Waals surface area contributed by atoms with E-state index in [-0.39, 0.29) is 10.0 Å². The van der Waals surface area contributed by atoms with Gasteiger partial charge in [-0.05, 0) is 32.4 Å². The summed E-state index contributed by atoms with van der Waals surface area (Å²) in [6.07, 6.45) is 0. The number of nitrogens with one attached hydrogen (secondary N) is 1. The molecule has 0 spiro atoms. The summed E-state index contributed by atoms with van der Waals surface area (Å²) < 4.78 is 27.2. The molecule has 0 atom stereocenters. The van der Waals surface area contributed by atoms with Crippen LogP contribution >= 0.6 is 11.8 Å². The van der Waals surface area contributed by atoms with Gasteiger partial charge >= 0.3 is 0 Å². The van der Waals surface area contributed by atoms with Gasteiger partial charge in [-0.15, -0.1) is 0 Å². The summed E-state index contributed by atoms with van der Waals surface area (Å²) in [7, 11) is -3.58. The second kappa shape index (κ2) is 4.36. The SMILES string of the molecule is CC(C)(C)NS(=O)(=O)c1cccc2c1CSC2=O. The van der Waals surface area contributed by atoms with Gasteiger partial charge in [-0.1, -0.05) is 23.9 Å². The molecule has 0 bridgehead atoms. The molecule has 1 aliphatic heterocycles. The van der Waals surface area contributed by atoms with Gasteiger partial charge in [0.25, 0.3) is 0 Å². The van der Waals surface area contributed by atoms with Gasteiger partial charge in [0.2, 0.25) is 15.1 Å². The van der Waals surface area contributed by atoms with E-state index < -0.39 is 15.6 Å². The van der Waals surface area contributed by atoms with Crippen LogP contribution in [0.2, 0.25) is 0 Å². The third-order valence-electron chi connectivity index (χ3n) is 2.43. The van der Waals surface area contributed by atoms with E-state index in [9.17, 15) is 13.2 Å². The molecule has 1 aromatic carbocycles. The first-order valence-corrected chi connectivity index (χ1v) is 8.00. The smallest absolute Gasteiger partial charge is 0.241 e. The third kappa shape index (κ3) is 2.60. The summed E-state index contributed by atoms with van der Waals surface area (Å²) in [5.74, 6) is 0.426. The molecule has 1 N–H and O–H groups in total. The Kier molecular flexibility index (Phi) is 3.29. The number of hydrogen-bond donors (Lipinski definition) is 1. The molecular weight excluding hydrogens is 270 g/mol. The topological polar surface area (TPSA) is 63.2 Å². The lowest BCUT2D eigenvalue weighted by molar-refractivity contribution is 0.109. The van der Waals surface area contributed by atoms with Crippen molar-refractivity contribution in [2.75, 3.05) is 0 Å². The summed E-state index contributed by atoms with van der Waals surface area (Å²) >= 11 is 1.14. The van der Waals surface area contributed by atoms with Crippen LogP contribution in [0.3, 0.4) is 0 Å². The molecular formula is C12H15NO3S2. The molecule has 1 aliphatic rings. The van der Waals surface area contributed by atoms with Gasteiger partial charge < -0.3 is 0 Å². The average molecular weight is 285 g/mol. The molecule has 4 nitrogen and oxygen atoms in total. The average Bonchev–Trinajstić information content (AvgIpc) is 2.57. The van der Waals surface area contributed by atoms with Crippen LogP contribution in [0, 0.1) is 0 Å². The van der Waals surface area contributed by atoms with Crippen molar-refractivity contribution in [1.29, 1.82) is 0 Å². The Morgan fingerprint density at radius 3 is 2.56 bits per heavy atom. The van der Waals surface area contributed by atoms with Crippen molar-refractivity contribution in [3.05, 3.63) is 29.3 Å². The van der Waals surface area contributed by atoms with Crippen LogP contribution in [0.1, 0.15) is 36.7 Å². The maximum atomic E-state index is 12.3. The molecule has 0 aliphatic carbocycles. The number of rotatable bonds is 2. The minimum atomic E-state index is -3.58. The maximum absolute atomic E-state index is 12.3. The van der Waals surface area contributed by atoms with E-state index in [0.717, 1.165) is 11.8 Å². The van der Waals surface area contributed by atoms with Crippen molar-refractivity contribution >= 4 is 26.9 Å². The molecule has 18 heavy (non-hydrogen) atoms. The molecule has 0 aromatic heterocycles. The van der Waals surface area contributed by atoms with E-state index >= 15 is 0 Å². The predicted octanol–water partition coefficient (Wildman–Crippen LogP) is 2.15. The van der Waals surface area contributed by atoms with Crippen LogP contribution in [-0.2, 0) is 15.8 Å². The summed E-state index contributed by atoms with van der Waals surface area (Å²) in [6, 6.07) is 4.83. The van der Waals surface area contributed by atoms with E-state index in [2.05, 4.69) is 4.72 Å². The number of fused-ring (bicyclic) bond motifs is 1. The number of sulfonamides is 1. The molecule has 0 amide bonds. The molecule has 0 saturated heterocycles. The minimum Gasteiger partial charge on any atom is -0.282 e. The Balaban J connectivity index is 2.51. The van der Waals surface area contributed by atoms with Gasteiger partial charge in [0, 0.05) is 16.9 Å². The second-order valence-corrected chi connectivity index (χ2v) is 7.81. The van der Waals surface area contributed by atoms with Crippen molar-refractivity contribution in [1.82, 2.24) is 4.72 Å². The van der Waals surface area contributed by atoms with Crippen molar-refractivity contribution in [3.63, 3.8) is 0 Å². The highest BCUT2D eigenvalue weighted by molar-refractivity contribution is 8.14. The lowest BCUT2D eigenvalue weighted by Crippen LogP contribution is -2.40. The molecule has 1 heterocycles. The van der Waals surface area contributed by atoms with E-state index in [1.165, 1.54) is 0 Å². The first-order chi connectivity index (χ1) is 8.21. The van der Waals surface area contributed by atoms with Crippen LogP contribution in [-0.4, -0.2) is 19.1 Å². The molecule has 6 heteroatoms. The van der Waals surface area contributed by atoms with Gasteiger partial charge in [-0.25, -0.2) is 13.1 Å². The van der Waals surface area contributed by atoms with Gasteiger partial charge in [-0.2, -0.15) is 0 Å². The Morgan fingerprint density at radius 1 is 1.28 bits per heavy atom. The highest BCUT2D eigenvalue weighted by Gasteiger charge is 2.30. The molecule has 0 unspecified atom stereocenters. The number of hydrogen-bond acceptors (Lipinski definition) is 4. The lowest BCUT2D eigenvalue weighted by Gasteiger charge is -2.21. The van der Waals surface area contributed by atoms with Crippen LogP contribution in [0.15, 0.2) is 23.1 Å². The summed E-state index contributed by atoms with van der Waals surface area (Å²) in [4.78, 5) is 11.8. The van der Waals surface area contributed by atoms with Crippen LogP contribution in [0.5, 0.6) is 0 Å². The Bertz CT molecular complexity index is 600. The molecule has 2 rings (SSSR count). The summed E-state index contributed by atoms with van der Waals surface area (Å²) in [5.41, 5.74) is 0.582. The normalized spacial score (nSPS) is 15.8. The van der Waals surface area contributed by atoms with Crippen LogP contribution < -0.4 is 4.72 Å². The number of carbonyl (C=O) groups is 1. The zero-order valence-electron chi connectivity index (χ0n) is 10.5. The molecule has 0 fully saturated rings. The first-order valence-electron chi connectivity index (χ1n) is 5.54. The molecule has 98 valence electrons. The fourth-order valence-corrected chi connectivity index (χ4v) is 4.54. The molecule has 1 aromatic rings. The van der Waals surface area contributed by atoms with Crippen LogP contribution in [0.25, 0.3) is 0 Å². The standard InChI is InChI=1S/C12H15NO3S2/c1-12(2,3)13-18(15,16)10-6-4-5-8-9(10)7-17-11(8)14/h4-6,13H,7H2,1-3H3. The lowest BCUT2D eigenvalue weighted by atomic mass is 10.1. The Morgan fingerprint density at radius 2 is 1.94 bits per heavy atom. The van der Waals surface area contributed by atoms with Crippen molar-refractivity contribution in [2.24, 2.45) is 0 Å². The fraction of sp³-hybridized carbons (Fsp3) is 0.417. The first kappa shape index (κ1) is 13.6. The van der Waals surface area contributed by atoms with Crippen molar-refractivity contribution in [2.45, 2.75) is 37.0 Å². The Labute approximate surface area is 111 Å². The zero-order valence-corrected chi connectivity index (χ0v) is 12.1. The van der Waals surface area contributed by atoms with Crippen molar-refractivity contribution in [3.8, 4) is 0 Å². The highest BCUT2D eigenvalue weighted by atomic mass is 32.2. The maximum Gasteiger partial charge on any atom is 0.241 e. The van der Waals surface area contributed by atoms with E-state index in [4.69, 9.17) is 0 Å². The molecule has 0 radical (unpaired) electrons. The summed E-state index contributed by atoms with van der Waals surface area (Å²) in [5, 5.41) is -0.0576. The highest BCUT2D eigenvalue weighted by Crippen LogP contribution is 2.34. The minimum absolute atomic E-state index is 0.0576. The van der Waals surface area contributed by atoms with Gasteiger partial charge in [0.05, 0.1) is 4.90 Å². The van der Waals surface area contributed by atoms with Crippen molar-refractivity contribution < 1.29 is 13.2 Å². The zero-order chi connectivity index (χ0) is 13.6. The number of thioether (sulfide) groups is 1. The largest absolute Gasteiger partial charge is 0.282 e. The fourth-order valence-electron chi connectivity index (χ4n) is 1.83. The van der Waals surface area contributed by atoms with E-state index in [1.807, 2.05) is 0 Å². The molecule has 0 saturated carbocycles. The monoisotopic (exact) mass is 285 g/mol. The summed E-state index contributed by atoms with van der Waals surface area (Å²) in [6.45, 7) is 5.36. The van der Waals surface area contributed by atoms with E-state index in [0.29, 0.717) is 16.9 Å². The quantitative estimate of drug-likeness (QED) is 0.904. The Hall–Kier alpha value is -0.850. The van der Waals surface area contributed by atoms with Gasteiger partial charge in [-0.3, -0.25) is 4.79 Å². The van der Waals surface area contributed by atoms with E-state index in [1.54, 1.807) is 39.0 Å². The predicted molar refractivity (Wildman–Crippen MR) is 72.1 cm³/mol. The van der Waals surface area contributed by atoms with Crippen LogP contribution in [0.4, 0.5) is 0 Å². The third-order valence-corrected chi connectivity index (χ3v) is 5.19. The second-order valence-electron chi connectivity index (χ2n) is 5.21. The van der Waals surface area contributed by atoms with Gasteiger partial charge in [0.1, 0.15) is 0 Å².